The van der Waals surface area contributed by atoms with E-state index in [1.165, 1.54) is 37.7 Å². The summed E-state index contributed by atoms with van der Waals surface area (Å²) in [6, 6.07) is 13.9. The molecule has 0 fully saturated rings. The van der Waals surface area contributed by atoms with E-state index in [1.807, 2.05) is 37.3 Å². The summed E-state index contributed by atoms with van der Waals surface area (Å²) < 4.78 is 11.7. The molecular formula is C23H32ClNO2. The van der Waals surface area contributed by atoms with Gasteiger partial charge in [0.15, 0.2) is 11.5 Å². The Kier molecular flexibility index (Phi) is 10.1. The molecule has 0 bridgehead atoms. The van der Waals surface area contributed by atoms with Crippen LogP contribution in [-0.4, -0.2) is 13.2 Å². The van der Waals surface area contributed by atoms with E-state index in [1.54, 1.807) is 0 Å². The Labute approximate surface area is 169 Å². The van der Waals surface area contributed by atoms with Gasteiger partial charge in [-0.15, -0.1) is 0 Å². The van der Waals surface area contributed by atoms with Gasteiger partial charge < -0.3 is 14.8 Å². The highest BCUT2D eigenvalue weighted by Crippen LogP contribution is 2.30. The summed E-state index contributed by atoms with van der Waals surface area (Å²) in [4.78, 5) is 0. The van der Waals surface area contributed by atoms with Gasteiger partial charge in [0.05, 0.1) is 6.61 Å². The molecule has 0 spiro atoms. The standard InChI is InChI=1S/C23H32ClNO2/c1-3-5-6-7-10-15-25-17-19-13-14-22(23(16-19)26-4-2)27-18-20-11-8-9-12-21(20)24/h8-9,11-14,16,25H,3-7,10,15,17-18H2,1-2H3. The lowest BCUT2D eigenvalue weighted by molar-refractivity contribution is 0.269. The molecule has 0 aliphatic rings. The van der Waals surface area contributed by atoms with E-state index in [0.29, 0.717) is 13.2 Å². The average Bonchev–Trinajstić information content (AvgIpc) is 2.68. The highest BCUT2D eigenvalue weighted by Gasteiger charge is 2.08. The van der Waals surface area contributed by atoms with Crippen LogP contribution in [0.1, 0.15) is 57.1 Å². The number of hydrogen-bond donors (Lipinski definition) is 1. The first-order valence-electron chi connectivity index (χ1n) is 10.1. The molecular weight excluding hydrogens is 358 g/mol. The molecule has 0 amide bonds. The van der Waals surface area contributed by atoms with E-state index in [9.17, 15) is 0 Å². The summed E-state index contributed by atoms with van der Waals surface area (Å²) in [6.07, 6.45) is 6.51. The summed E-state index contributed by atoms with van der Waals surface area (Å²) in [5.74, 6) is 1.53. The Morgan fingerprint density at radius 3 is 2.48 bits per heavy atom. The van der Waals surface area contributed by atoms with Crippen molar-refractivity contribution < 1.29 is 9.47 Å². The lowest BCUT2D eigenvalue weighted by Gasteiger charge is -2.14. The lowest BCUT2D eigenvalue weighted by atomic mass is 10.1. The summed E-state index contributed by atoms with van der Waals surface area (Å²) in [6.45, 7) is 7.16. The van der Waals surface area contributed by atoms with Crippen molar-refractivity contribution in [2.75, 3.05) is 13.2 Å². The largest absolute Gasteiger partial charge is 0.490 e. The zero-order valence-electron chi connectivity index (χ0n) is 16.6. The van der Waals surface area contributed by atoms with Gasteiger partial charge in [0.1, 0.15) is 6.61 Å². The second-order valence-electron chi connectivity index (χ2n) is 6.69. The number of benzene rings is 2. The van der Waals surface area contributed by atoms with Gasteiger partial charge in [-0.1, -0.05) is 68.5 Å². The molecule has 1 N–H and O–H groups in total. The maximum Gasteiger partial charge on any atom is 0.161 e. The number of hydrogen-bond acceptors (Lipinski definition) is 3. The Bertz CT molecular complexity index is 675. The summed E-state index contributed by atoms with van der Waals surface area (Å²) >= 11 is 6.21. The van der Waals surface area contributed by atoms with Crippen LogP contribution < -0.4 is 14.8 Å². The highest BCUT2D eigenvalue weighted by molar-refractivity contribution is 6.31. The van der Waals surface area contributed by atoms with Gasteiger partial charge in [-0.3, -0.25) is 0 Å². The minimum absolute atomic E-state index is 0.426. The van der Waals surface area contributed by atoms with E-state index >= 15 is 0 Å². The van der Waals surface area contributed by atoms with Crippen molar-refractivity contribution in [3.05, 3.63) is 58.6 Å². The van der Waals surface area contributed by atoms with Crippen LogP contribution in [0.15, 0.2) is 42.5 Å². The normalized spacial score (nSPS) is 10.8. The number of nitrogens with one attached hydrogen (secondary N) is 1. The zero-order valence-corrected chi connectivity index (χ0v) is 17.4. The fraction of sp³-hybridized carbons (Fsp3) is 0.478. The molecule has 0 aliphatic heterocycles. The Hall–Kier alpha value is -1.71. The highest BCUT2D eigenvalue weighted by atomic mass is 35.5. The second-order valence-corrected chi connectivity index (χ2v) is 7.09. The predicted octanol–water partition coefficient (Wildman–Crippen LogP) is 6.38. The summed E-state index contributed by atoms with van der Waals surface area (Å²) in [7, 11) is 0. The molecule has 3 nitrogen and oxygen atoms in total. The molecule has 148 valence electrons. The first-order chi connectivity index (χ1) is 13.2. The van der Waals surface area contributed by atoms with Crippen molar-refractivity contribution in [2.24, 2.45) is 0 Å². The SMILES string of the molecule is CCCCCCCNCc1ccc(OCc2ccccc2Cl)c(OCC)c1. The minimum Gasteiger partial charge on any atom is -0.490 e. The van der Waals surface area contributed by atoms with Gasteiger partial charge in [0, 0.05) is 17.1 Å². The smallest absolute Gasteiger partial charge is 0.161 e. The van der Waals surface area contributed by atoms with Crippen molar-refractivity contribution in [2.45, 2.75) is 59.1 Å². The first-order valence-corrected chi connectivity index (χ1v) is 10.4. The van der Waals surface area contributed by atoms with Crippen LogP contribution >= 0.6 is 11.6 Å². The molecule has 0 heterocycles. The number of rotatable bonds is 13. The molecule has 0 aliphatic carbocycles. The molecule has 4 heteroatoms. The number of unbranched alkanes of at least 4 members (excludes halogenated alkanes) is 4. The van der Waals surface area contributed by atoms with Crippen molar-refractivity contribution in [1.82, 2.24) is 5.32 Å². The Morgan fingerprint density at radius 2 is 1.70 bits per heavy atom. The Morgan fingerprint density at radius 1 is 0.889 bits per heavy atom. The monoisotopic (exact) mass is 389 g/mol. The molecule has 0 saturated heterocycles. The van der Waals surface area contributed by atoms with E-state index in [2.05, 4.69) is 24.4 Å². The van der Waals surface area contributed by atoms with Crippen LogP contribution in [0.4, 0.5) is 0 Å². The van der Waals surface area contributed by atoms with Crippen molar-refractivity contribution in [1.29, 1.82) is 0 Å². The molecule has 0 saturated carbocycles. The molecule has 0 unspecified atom stereocenters. The van der Waals surface area contributed by atoms with Crippen LogP contribution in [0.2, 0.25) is 5.02 Å². The fourth-order valence-corrected chi connectivity index (χ4v) is 3.10. The molecule has 2 aromatic rings. The van der Waals surface area contributed by atoms with Gasteiger partial charge in [-0.25, -0.2) is 0 Å². The third-order valence-corrected chi connectivity index (χ3v) is 4.80. The van der Waals surface area contributed by atoms with Gasteiger partial charge >= 0.3 is 0 Å². The summed E-state index contributed by atoms with van der Waals surface area (Å²) in [5, 5.41) is 4.24. The zero-order chi connectivity index (χ0) is 19.3. The lowest BCUT2D eigenvalue weighted by Crippen LogP contribution is -2.14. The number of ether oxygens (including phenoxy) is 2. The molecule has 0 atom stereocenters. The van der Waals surface area contributed by atoms with Gasteiger partial charge in [-0.2, -0.15) is 0 Å². The predicted molar refractivity (Wildman–Crippen MR) is 114 cm³/mol. The maximum absolute atomic E-state index is 6.21. The van der Waals surface area contributed by atoms with E-state index in [-0.39, 0.29) is 0 Å². The van der Waals surface area contributed by atoms with E-state index < -0.39 is 0 Å². The molecule has 2 rings (SSSR count). The third-order valence-electron chi connectivity index (χ3n) is 4.44. The van der Waals surface area contributed by atoms with Crippen molar-refractivity contribution in [3.8, 4) is 11.5 Å². The van der Waals surface area contributed by atoms with Crippen LogP contribution in [0, 0.1) is 0 Å². The molecule has 2 aromatic carbocycles. The van der Waals surface area contributed by atoms with E-state index in [4.69, 9.17) is 21.1 Å². The minimum atomic E-state index is 0.426. The average molecular weight is 390 g/mol. The fourth-order valence-electron chi connectivity index (χ4n) is 2.91. The second kappa shape index (κ2) is 12.6. The van der Waals surface area contributed by atoms with Crippen LogP contribution in [0.3, 0.4) is 0 Å². The van der Waals surface area contributed by atoms with Gasteiger partial charge in [-0.05, 0) is 43.7 Å². The quantitative estimate of drug-likeness (QED) is 0.403. The van der Waals surface area contributed by atoms with E-state index in [0.717, 1.165) is 35.2 Å². The van der Waals surface area contributed by atoms with Gasteiger partial charge in [0.25, 0.3) is 0 Å². The van der Waals surface area contributed by atoms with Crippen LogP contribution in [0.5, 0.6) is 11.5 Å². The maximum atomic E-state index is 6.21. The Balaban J connectivity index is 1.86. The molecule has 0 aromatic heterocycles. The molecule has 0 radical (unpaired) electrons. The number of halogens is 1. The first kappa shape index (κ1) is 21.6. The summed E-state index contributed by atoms with van der Waals surface area (Å²) in [5.41, 5.74) is 2.17. The molecule has 27 heavy (non-hydrogen) atoms. The van der Waals surface area contributed by atoms with Crippen LogP contribution in [0.25, 0.3) is 0 Å². The van der Waals surface area contributed by atoms with Crippen molar-refractivity contribution >= 4 is 11.6 Å². The topological polar surface area (TPSA) is 30.5 Å². The third kappa shape index (κ3) is 7.82. The van der Waals surface area contributed by atoms with Crippen molar-refractivity contribution in [3.63, 3.8) is 0 Å². The van der Waals surface area contributed by atoms with Gasteiger partial charge in [0.2, 0.25) is 0 Å². The van der Waals surface area contributed by atoms with Crippen LogP contribution in [-0.2, 0) is 13.2 Å².